The summed E-state index contributed by atoms with van der Waals surface area (Å²) < 4.78 is 0. The maximum absolute atomic E-state index is 4.28. The molecule has 0 amide bonds. The Kier molecular flexibility index (Phi) is 2.18. The van der Waals surface area contributed by atoms with E-state index >= 15 is 0 Å². The van der Waals surface area contributed by atoms with Crippen LogP contribution in [0, 0.1) is 13.8 Å². The van der Waals surface area contributed by atoms with Crippen LogP contribution in [0.3, 0.4) is 0 Å². The standard InChI is InChI=1S/C10H10N4/c1-7-11-5-3-9(13-7)10-4-6-12-8(2)14-10/h3-6H,1-2H3. The van der Waals surface area contributed by atoms with Gasteiger partial charge in [-0.3, -0.25) is 0 Å². The third-order valence-corrected chi connectivity index (χ3v) is 1.81. The minimum atomic E-state index is 0.749. The van der Waals surface area contributed by atoms with Crippen molar-refractivity contribution in [2.24, 2.45) is 0 Å². The zero-order valence-corrected chi connectivity index (χ0v) is 8.10. The van der Waals surface area contributed by atoms with Crippen molar-refractivity contribution in [1.29, 1.82) is 0 Å². The predicted octanol–water partition coefficient (Wildman–Crippen LogP) is 1.55. The summed E-state index contributed by atoms with van der Waals surface area (Å²) in [5, 5.41) is 0. The summed E-state index contributed by atoms with van der Waals surface area (Å²) in [6, 6.07) is 3.68. The van der Waals surface area contributed by atoms with E-state index in [-0.39, 0.29) is 0 Å². The van der Waals surface area contributed by atoms with Crippen LogP contribution >= 0.6 is 0 Å². The lowest BCUT2D eigenvalue weighted by Gasteiger charge is -2.00. The molecule has 4 heteroatoms. The second-order valence-electron chi connectivity index (χ2n) is 2.98. The summed E-state index contributed by atoms with van der Waals surface area (Å²) in [7, 11) is 0. The summed E-state index contributed by atoms with van der Waals surface area (Å²) in [6.45, 7) is 3.72. The monoisotopic (exact) mass is 186 g/mol. The zero-order chi connectivity index (χ0) is 9.97. The van der Waals surface area contributed by atoms with Crippen molar-refractivity contribution in [1.82, 2.24) is 19.9 Å². The fourth-order valence-electron chi connectivity index (χ4n) is 1.20. The lowest BCUT2D eigenvalue weighted by molar-refractivity contribution is 1.02. The Morgan fingerprint density at radius 2 is 1.21 bits per heavy atom. The Labute approximate surface area is 82.1 Å². The molecular formula is C10H10N4. The van der Waals surface area contributed by atoms with E-state index in [0.29, 0.717) is 0 Å². The average Bonchev–Trinajstić information content (AvgIpc) is 2.18. The Bertz CT molecular complexity index is 410. The second-order valence-corrected chi connectivity index (χ2v) is 2.98. The van der Waals surface area contributed by atoms with Crippen molar-refractivity contribution < 1.29 is 0 Å². The van der Waals surface area contributed by atoms with Crippen LogP contribution in [-0.4, -0.2) is 19.9 Å². The molecule has 0 N–H and O–H groups in total. The SMILES string of the molecule is Cc1nccc(-c2ccnc(C)n2)n1. The normalized spacial score (nSPS) is 10.1. The molecule has 0 saturated carbocycles. The molecule has 0 aliphatic carbocycles. The molecule has 0 aliphatic rings. The first-order valence-corrected chi connectivity index (χ1v) is 4.35. The van der Waals surface area contributed by atoms with Crippen LogP contribution in [0.25, 0.3) is 11.4 Å². The van der Waals surface area contributed by atoms with Gasteiger partial charge in [0, 0.05) is 12.4 Å². The summed E-state index contributed by atoms with van der Waals surface area (Å²) in [5.41, 5.74) is 1.67. The highest BCUT2D eigenvalue weighted by atomic mass is 14.9. The fourth-order valence-corrected chi connectivity index (χ4v) is 1.20. The van der Waals surface area contributed by atoms with Crippen LogP contribution in [0.1, 0.15) is 11.6 Å². The van der Waals surface area contributed by atoms with Crippen LogP contribution in [-0.2, 0) is 0 Å². The van der Waals surface area contributed by atoms with Gasteiger partial charge in [0.1, 0.15) is 11.6 Å². The molecule has 14 heavy (non-hydrogen) atoms. The smallest absolute Gasteiger partial charge is 0.125 e. The fraction of sp³-hybridized carbons (Fsp3) is 0.200. The molecule has 2 aromatic rings. The van der Waals surface area contributed by atoms with Gasteiger partial charge in [0.05, 0.1) is 11.4 Å². The number of rotatable bonds is 1. The highest BCUT2D eigenvalue weighted by molar-refractivity contribution is 5.52. The molecule has 70 valence electrons. The van der Waals surface area contributed by atoms with Gasteiger partial charge in [0.2, 0.25) is 0 Å². The summed E-state index contributed by atoms with van der Waals surface area (Å²) in [6.07, 6.45) is 3.46. The predicted molar refractivity (Wildman–Crippen MR) is 52.5 cm³/mol. The highest BCUT2D eigenvalue weighted by Crippen LogP contribution is 2.12. The van der Waals surface area contributed by atoms with E-state index in [1.54, 1.807) is 12.4 Å². The van der Waals surface area contributed by atoms with Gasteiger partial charge in [-0.05, 0) is 26.0 Å². The van der Waals surface area contributed by atoms with Crippen molar-refractivity contribution in [3.8, 4) is 11.4 Å². The molecule has 0 atom stereocenters. The minimum absolute atomic E-state index is 0.749. The van der Waals surface area contributed by atoms with Crippen molar-refractivity contribution in [2.75, 3.05) is 0 Å². The van der Waals surface area contributed by atoms with E-state index in [1.807, 2.05) is 26.0 Å². The number of hydrogen-bond acceptors (Lipinski definition) is 4. The second kappa shape index (κ2) is 3.49. The van der Waals surface area contributed by atoms with E-state index in [1.165, 1.54) is 0 Å². The molecule has 0 saturated heterocycles. The minimum Gasteiger partial charge on any atom is -0.242 e. The van der Waals surface area contributed by atoms with Gasteiger partial charge in [0.25, 0.3) is 0 Å². The quantitative estimate of drug-likeness (QED) is 0.678. The van der Waals surface area contributed by atoms with Gasteiger partial charge in [-0.1, -0.05) is 0 Å². The van der Waals surface area contributed by atoms with E-state index in [4.69, 9.17) is 0 Å². The van der Waals surface area contributed by atoms with Crippen LogP contribution < -0.4 is 0 Å². The molecule has 2 heterocycles. The van der Waals surface area contributed by atoms with E-state index in [9.17, 15) is 0 Å². The van der Waals surface area contributed by atoms with Crippen molar-refractivity contribution >= 4 is 0 Å². The largest absolute Gasteiger partial charge is 0.242 e. The Balaban J connectivity index is 2.49. The molecule has 4 nitrogen and oxygen atoms in total. The van der Waals surface area contributed by atoms with Gasteiger partial charge in [-0.2, -0.15) is 0 Å². The molecule has 0 aromatic carbocycles. The Morgan fingerprint density at radius 3 is 1.57 bits per heavy atom. The lowest BCUT2D eigenvalue weighted by Crippen LogP contribution is -1.94. The number of nitrogens with zero attached hydrogens (tertiary/aromatic N) is 4. The maximum atomic E-state index is 4.28. The van der Waals surface area contributed by atoms with Crippen LogP contribution in [0.5, 0.6) is 0 Å². The van der Waals surface area contributed by atoms with Gasteiger partial charge < -0.3 is 0 Å². The first-order chi connectivity index (χ1) is 6.75. The summed E-state index contributed by atoms with van der Waals surface area (Å²) >= 11 is 0. The zero-order valence-electron chi connectivity index (χ0n) is 8.10. The number of aromatic nitrogens is 4. The Morgan fingerprint density at radius 1 is 0.786 bits per heavy atom. The maximum Gasteiger partial charge on any atom is 0.125 e. The van der Waals surface area contributed by atoms with E-state index in [2.05, 4.69) is 19.9 Å². The van der Waals surface area contributed by atoms with E-state index in [0.717, 1.165) is 23.0 Å². The molecule has 0 aliphatic heterocycles. The third kappa shape index (κ3) is 1.74. The molecular weight excluding hydrogens is 176 g/mol. The van der Waals surface area contributed by atoms with Crippen LogP contribution in [0.2, 0.25) is 0 Å². The van der Waals surface area contributed by atoms with Crippen LogP contribution in [0.15, 0.2) is 24.5 Å². The lowest BCUT2D eigenvalue weighted by atomic mass is 10.3. The van der Waals surface area contributed by atoms with Crippen molar-refractivity contribution in [3.05, 3.63) is 36.2 Å². The molecule has 0 fully saturated rings. The topological polar surface area (TPSA) is 51.6 Å². The number of aryl methyl sites for hydroxylation is 2. The summed E-state index contributed by atoms with van der Waals surface area (Å²) in [5.74, 6) is 1.50. The molecule has 2 aromatic heterocycles. The first-order valence-electron chi connectivity index (χ1n) is 4.35. The van der Waals surface area contributed by atoms with E-state index < -0.39 is 0 Å². The highest BCUT2D eigenvalue weighted by Gasteiger charge is 2.01. The molecule has 2 rings (SSSR count). The number of hydrogen-bond donors (Lipinski definition) is 0. The molecule has 0 radical (unpaired) electrons. The summed E-state index contributed by atoms with van der Waals surface area (Å²) in [4.78, 5) is 16.6. The van der Waals surface area contributed by atoms with Crippen LogP contribution in [0.4, 0.5) is 0 Å². The Hall–Kier alpha value is -1.84. The van der Waals surface area contributed by atoms with Gasteiger partial charge in [0.15, 0.2) is 0 Å². The molecule has 0 unspecified atom stereocenters. The van der Waals surface area contributed by atoms with Gasteiger partial charge >= 0.3 is 0 Å². The average molecular weight is 186 g/mol. The van der Waals surface area contributed by atoms with Gasteiger partial charge in [-0.25, -0.2) is 19.9 Å². The molecule has 0 bridgehead atoms. The third-order valence-electron chi connectivity index (χ3n) is 1.81. The molecule has 0 spiro atoms. The van der Waals surface area contributed by atoms with Crippen molar-refractivity contribution in [2.45, 2.75) is 13.8 Å². The first kappa shape index (κ1) is 8.74. The van der Waals surface area contributed by atoms with Crippen molar-refractivity contribution in [3.63, 3.8) is 0 Å². The van der Waals surface area contributed by atoms with Gasteiger partial charge in [-0.15, -0.1) is 0 Å².